The van der Waals surface area contributed by atoms with Crippen molar-refractivity contribution < 1.29 is 13.2 Å². The monoisotopic (exact) mass is 359 g/mol. The van der Waals surface area contributed by atoms with E-state index in [-0.39, 0.29) is 6.04 Å². The van der Waals surface area contributed by atoms with E-state index in [9.17, 15) is 13.2 Å². The van der Waals surface area contributed by atoms with Gasteiger partial charge in [0.25, 0.3) is 0 Å². The number of alkyl halides is 3. The van der Waals surface area contributed by atoms with Crippen LogP contribution in [0.15, 0.2) is 34.8 Å². The molecule has 1 nitrogen and oxygen atoms in total. The molecule has 2 bridgehead atoms. The van der Waals surface area contributed by atoms with Crippen molar-refractivity contribution in [3.8, 4) is 0 Å². The van der Waals surface area contributed by atoms with Crippen molar-refractivity contribution in [2.45, 2.75) is 32.0 Å². The van der Waals surface area contributed by atoms with E-state index in [4.69, 9.17) is 0 Å². The summed E-state index contributed by atoms with van der Waals surface area (Å²) in [6, 6.07) is 3.90. The van der Waals surface area contributed by atoms with Crippen LogP contribution in [0.5, 0.6) is 0 Å². The first-order valence-electron chi connectivity index (χ1n) is 7.16. The van der Waals surface area contributed by atoms with Gasteiger partial charge in [0.15, 0.2) is 0 Å². The lowest BCUT2D eigenvalue weighted by molar-refractivity contribution is -0.137. The number of nitrogens with one attached hydrogen (secondary N) is 1. The number of hydrogen-bond acceptors (Lipinski definition) is 1. The predicted molar refractivity (Wildman–Crippen MR) is 81.1 cm³/mol. The van der Waals surface area contributed by atoms with E-state index in [0.717, 1.165) is 12.5 Å². The molecule has 4 atom stereocenters. The van der Waals surface area contributed by atoms with Gasteiger partial charge in [-0.15, -0.1) is 0 Å². The minimum absolute atomic E-state index is 0.157. The first kappa shape index (κ1) is 14.9. The van der Waals surface area contributed by atoms with Gasteiger partial charge in [-0.1, -0.05) is 12.2 Å². The van der Waals surface area contributed by atoms with Crippen LogP contribution in [0.25, 0.3) is 0 Å². The van der Waals surface area contributed by atoms with E-state index < -0.39 is 11.7 Å². The van der Waals surface area contributed by atoms with Gasteiger partial charge in [0.05, 0.1) is 5.56 Å². The van der Waals surface area contributed by atoms with Gasteiger partial charge in [-0.05, 0) is 71.6 Å². The lowest BCUT2D eigenvalue weighted by Gasteiger charge is -2.27. The molecule has 0 radical (unpaired) electrons. The third-order valence-corrected chi connectivity index (χ3v) is 5.34. The molecular formula is C16H17BrF3N. The molecule has 4 unspecified atom stereocenters. The van der Waals surface area contributed by atoms with Gasteiger partial charge < -0.3 is 5.32 Å². The number of fused-ring (bicyclic) bond motifs is 2. The fraction of sp³-hybridized carbons (Fsp3) is 0.500. The largest absolute Gasteiger partial charge is 0.416 e. The van der Waals surface area contributed by atoms with Gasteiger partial charge in [0, 0.05) is 16.2 Å². The molecule has 0 heterocycles. The van der Waals surface area contributed by atoms with Gasteiger partial charge in [-0.3, -0.25) is 0 Å². The Kier molecular flexibility index (Phi) is 3.80. The van der Waals surface area contributed by atoms with Gasteiger partial charge in [-0.25, -0.2) is 0 Å². The first-order valence-corrected chi connectivity index (χ1v) is 7.95. The predicted octanol–water partition coefficient (Wildman–Crippen LogP) is 5.48. The zero-order valence-corrected chi connectivity index (χ0v) is 13.2. The summed E-state index contributed by atoms with van der Waals surface area (Å²) >= 11 is 3.33. The van der Waals surface area contributed by atoms with Crippen LogP contribution in [-0.2, 0) is 6.18 Å². The molecule has 0 amide bonds. The molecule has 1 aromatic carbocycles. The summed E-state index contributed by atoms with van der Waals surface area (Å²) in [5.41, 5.74) is -0.0997. The maximum atomic E-state index is 12.8. The van der Waals surface area contributed by atoms with Gasteiger partial charge >= 0.3 is 6.18 Å². The Labute approximate surface area is 130 Å². The molecule has 21 heavy (non-hydrogen) atoms. The van der Waals surface area contributed by atoms with Crippen LogP contribution in [0, 0.1) is 17.8 Å². The standard InChI is InChI=1S/C16H17BrF3N/c1-9(13-7-10-2-3-11(13)6-10)21-15-8-12(16(18,19)20)4-5-14(15)17/h2-5,8-11,13,21H,6-7H2,1H3. The Balaban J connectivity index is 1.76. The highest BCUT2D eigenvalue weighted by Gasteiger charge is 2.38. The maximum Gasteiger partial charge on any atom is 0.416 e. The highest BCUT2D eigenvalue weighted by Crippen LogP contribution is 2.45. The second kappa shape index (κ2) is 5.34. The van der Waals surface area contributed by atoms with Crippen molar-refractivity contribution in [1.82, 2.24) is 0 Å². The normalized spacial score (nSPS) is 28.9. The molecule has 1 saturated carbocycles. The van der Waals surface area contributed by atoms with E-state index in [1.807, 2.05) is 0 Å². The Hall–Kier alpha value is -0.970. The Morgan fingerprint density at radius 3 is 2.57 bits per heavy atom. The molecule has 1 fully saturated rings. The van der Waals surface area contributed by atoms with Crippen LogP contribution in [0.1, 0.15) is 25.3 Å². The lowest BCUT2D eigenvalue weighted by Crippen LogP contribution is -2.29. The van der Waals surface area contributed by atoms with Crippen LogP contribution in [-0.4, -0.2) is 6.04 Å². The zero-order chi connectivity index (χ0) is 15.2. The van der Waals surface area contributed by atoms with Crippen LogP contribution in [0.4, 0.5) is 18.9 Å². The molecule has 5 heteroatoms. The van der Waals surface area contributed by atoms with Gasteiger partial charge in [-0.2, -0.15) is 13.2 Å². The third-order valence-electron chi connectivity index (χ3n) is 4.65. The average molecular weight is 360 g/mol. The number of allylic oxidation sites excluding steroid dienone is 2. The highest BCUT2D eigenvalue weighted by atomic mass is 79.9. The molecule has 1 aromatic rings. The smallest absolute Gasteiger partial charge is 0.381 e. The van der Waals surface area contributed by atoms with Crippen molar-refractivity contribution in [3.63, 3.8) is 0 Å². The van der Waals surface area contributed by atoms with E-state index in [2.05, 4.69) is 40.3 Å². The summed E-state index contributed by atoms with van der Waals surface area (Å²) in [6.45, 7) is 2.06. The Morgan fingerprint density at radius 1 is 1.24 bits per heavy atom. The summed E-state index contributed by atoms with van der Waals surface area (Å²) in [4.78, 5) is 0. The van der Waals surface area contributed by atoms with E-state index in [1.165, 1.54) is 18.6 Å². The topological polar surface area (TPSA) is 12.0 Å². The summed E-state index contributed by atoms with van der Waals surface area (Å²) in [7, 11) is 0. The molecule has 0 spiro atoms. The van der Waals surface area contributed by atoms with Crippen molar-refractivity contribution in [1.29, 1.82) is 0 Å². The Bertz CT molecular complexity index is 567. The second-order valence-electron chi connectivity index (χ2n) is 6.07. The summed E-state index contributed by atoms with van der Waals surface area (Å²) in [5.74, 6) is 1.73. The number of anilines is 1. The summed E-state index contributed by atoms with van der Waals surface area (Å²) in [6.07, 6.45) is 2.55. The molecular weight excluding hydrogens is 343 g/mol. The first-order chi connectivity index (χ1) is 9.84. The zero-order valence-electron chi connectivity index (χ0n) is 11.6. The summed E-state index contributed by atoms with van der Waals surface area (Å²) < 4.78 is 39.1. The van der Waals surface area contributed by atoms with Crippen molar-refractivity contribution >= 4 is 21.6 Å². The van der Waals surface area contributed by atoms with Crippen LogP contribution < -0.4 is 5.32 Å². The average Bonchev–Trinajstić information content (AvgIpc) is 3.02. The third kappa shape index (κ3) is 2.98. The molecule has 114 valence electrons. The van der Waals surface area contributed by atoms with E-state index in [1.54, 1.807) is 0 Å². The van der Waals surface area contributed by atoms with Crippen LogP contribution in [0.3, 0.4) is 0 Å². The van der Waals surface area contributed by atoms with Crippen molar-refractivity contribution in [3.05, 3.63) is 40.4 Å². The molecule has 2 aliphatic carbocycles. The lowest BCUT2D eigenvalue weighted by atomic mass is 9.87. The molecule has 1 N–H and O–H groups in total. The minimum Gasteiger partial charge on any atom is -0.381 e. The van der Waals surface area contributed by atoms with Gasteiger partial charge in [0.2, 0.25) is 0 Å². The highest BCUT2D eigenvalue weighted by molar-refractivity contribution is 9.10. The van der Waals surface area contributed by atoms with Crippen LogP contribution >= 0.6 is 15.9 Å². The molecule has 2 aliphatic rings. The summed E-state index contributed by atoms with van der Waals surface area (Å²) in [5, 5.41) is 3.27. The van der Waals surface area contributed by atoms with E-state index >= 15 is 0 Å². The second-order valence-corrected chi connectivity index (χ2v) is 6.92. The minimum atomic E-state index is -4.31. The fourth-order valence-electron chi connectivity index (χ4n) is 3.56. The number of rotatable bonds is 3. The number of halogens is 4. The SMILES string of the molecule is CC(Nc1cc(C(F)(F)F)ccc1Br)C1CC2C=CC1C2. The quantitative estimate of drug-likeness (QED) is 0.704. The molecule has 0 saturated heterocycles. The van der Waals surface area contributed by atoms with Crippen molar-refractivity contribution in [2.75, 3.05) is 5.32 Å². The maximum absolute atomic E-state index is 12.8. The molecule has 0 aliphatic heterocycles. The number of hydrogen-bond donors (Lipinski definition) is 1. The van der Waals surface area contributed by atoms with Gasteiger partial charge in [0.1, 0.15) is 0 Å². The number of benzene rings is 1. The Morgan fingerprint density at radius 2 is 2.00 bits per heavy atom. The molecule has 3 rings (SSSR count). The van der Waals surface area contributed by atoms with E-state index in [0.29, 0.717) is 27.9 Å². The fourth-order valence-corrected chi connectivity index (χ4v) is 3.92. The van der Waals surface area contributed by atoms with Crippen molar-refractivity contribution in [2.24, 2.45) is 17.8 Å². The molecule has 0 aromatic heterocycles. The van der Waals surface area contributed by atoms with Crippen LogP contribution in [0.2, 0.25) is 0 Å².